The van der Waals surface area contributed by atoms with E-state index in [1.54, 1.807) is 12.1 Å². The maximum absolute atomic E-state index is 11.4. The Kier molecular flexibility index (Phi) is 6.62. The fourth-order valence-electron chi connectivity index (χ4n) is 1.59. The number of primary amides is 1. The van der Waals surface area contributed by atoms with Crippen molar-refractivity contribution in [2.75, 3.05) is 18.5 Å². The minimum absolute atomic E-state index is 0.290. The molecule has 0 saturated carbocycles. The minimum Gasteiger partial charge on any atom is -0.450 e. The van der Waals surface area contributed by atoms with Crippen molar-refractivity contribution in [2.45, 2.75) is 39.2 Å². The number of pyridine rings is 1. The number of carbonyl (C=O) groups excluding carboxylic acids is 2. The molecule has 0 radical (unpaired) electrons. The molecule has 1 aromatic rings. The van der Waals surface area contributed by atoms with Gasteiger partial charge in [0, 0.05) is 18.3 Å². The smallest absolute Gasteiger partial charge is 0.407 e. The van der Waals surface area contributed by atoms with Crippen LogP contribution in [0.1, 0.15) is 44.0 Å². The Bertz CT molecular complexity index is 495. The summed E-state index contributed by atoms with van der Waals surface area (Å²) >= 11 is 0. The highest BCUT2D eigenvalue weighted by atomic mass is 16.5. The summed E-state index contributed by atoms with van der Waals surface area (Å²) < 4.78 is 5.07. The highest BCUT2D eigenvalue weighted by Gasteiger charge is 2.13. The maximum atomic E-state index is 11.4. The van der Waals surface area contributed by atoms with Crippen LogP contribution in [0.2, 0.25) is 0 Å². The zero-order valence-corrected chi connectivity index (χ0v) is 13.3. The number of aromatic nitrogens is 1. The number of rotatable bonds is 7. The monoisotopic (exact) mass is 308 g/mol. The predicted octanol–water partition coefficient (Wildman–Crippen LogP) is 1.90. The lowest BCUT2D eigenvalue weighted by molar-refractivity contribution is 0.0999. The first-order valence-electron chi connectivity index (χ1n) is 7.22. The number of hydrogen-bond donors (Lipinski definition) is 3. The van der Waals surface area contributed by atoms with Gasteiger partial charge >= 0.3 is 6.09 Å². The third-order valence-corrected chi connectivity index (χ3v) is 2.64. The SMILES string of the molecule is CC(C)(C)NC(=O)OCCCCNc1ccc(C(N)=O)cn1. The van der Waals surface area contributed by atoms with Crippen LogP contribution in [0.25, 0.3) is 0 Å². The van der Waals surface area contributed by atoms with Crippen LogP contribution in [-0.2, 0) is 4.74 Å². The van der Waals surface area contributed by atoms with Gasteiger partial charge in [0.2, 0.25) is 5.91 Å². The van der Waals surface area contributed by atoms with E-state index in [0.717, 1.165) is 12.8 Å². The molecule has 7 heteroatoms. The molecule has 7 nitrogen and oxygen atoms in total. The minimum atomic E-state index is -0.496. The Morgan fingerprint density at radius 3 is 2.55 bits per heavy atom. The second kappa shape index (κ2) is 8.21. The van der Waals surface area contributed by atoms with Gasteiger partial charge in [-0.05, 0) is 45.7 Å². The number of nitrogens with zero attached hydrogens (tertiary/aromatic N) is 1. The maximum Gasteiger partial charge on any atom is 0.407 e. The molecule has 0 bridgehead atoms. The molecule has 2 amide bonds. The van der Waals surface area contributed by atoms with Gasteiger partial charge in [0.1, 0.15) is 5.82 Å². The standard InChI is InChI=1S/C15H24N4O3/c1-15(2,3)19-14(21)22-9-5-4-8-17-12-7-6-11(10-18-12)13(16)20/h6-7,10H,4-5,8-9H2,1-3H3,(H2,16,20)(H,17,18)(H,19,21). The fraction of sp³-hybridized carbons (Fsp3) is 0.533. The Labute approximate surface area is 130 Å². The van der Waals surface area contributed by atoms with Gasteiger partial charge in [0.15, 0.2) is 0 Å². The lowest BCUT2D eigenvalue weighted by Crippen LogP contribution is -2.41. The number of anilines is 1. The van der Waals surface area contributed by atoms with Gasteiger partial charge in [-0.3, -0.25) is 4.79 Å². The first kappa shape index (κ1) is 17.7. The third-order valence-electron chi connectivity index (χ3n) is 2.64. The molecular weight excluding hydrogens is 284 g/mol. The van der Waals surface area contributed by atoms with Crippen LogP contribution >= 0.6 is 0 Å². The van der Waals surface area contributed by atoms with Crippen molar-refractivity contribution >= 4 is 17.8 Å². The number of nitrogens with two attached hydrogens (primary N) is 1. The lowest BCUT2D eigenvalue weighted by Gasteiger charge is -2.19. The molecule has 0 aromatic carbocycles. The molecule has 0 spiro atoms. The van der Waals surface area contributed by atoms with Crippen molar-refractivity contribution in [1.82, 2.24) is 10.3 Å². The Balaban J connectivity index is 2.13. The van der Waals surface area contributed by atoms with Crippen molar-refractivity contribution in [3.63, 3.8) is 0 Å². The molecule has 0 saturated heterocycles. The first-order chi connectivity index (χ1) is 10.3. The van der Waals surface area contributed by atoms with E-state index in [-0.39, 0.29) is 5.54 Å². The Morgan fingerprint density at radius 1 is 1.27 bits per heavy atom. The van der Waals surface area contributed by atoms with Crippen molar-refractivity contribution in [1.29, 1.82) is 0 Å². The van der Waals surface area contributed by atoms with Crippen molar-refractivity contribution in [2.24, 2.45) is 5.73 Å². The van der Waals surface area contributed by atoms with E-state index >= 15 is 0 Å². The highest BCUT2D eigenvalue weighted by molar-refractivity contribution is 5.92. The first-order valence-corrected chi connectivity index (χ1v) is 7.22. The van der Waals surface area contributed by atoms with Gasteiger partial charge in [0.05, 0.1) is 12.2 Å². The number of hydrogen-bond acceptors (Lipinski definition) is 5. The molecule has 1 heterocycles. The number of amides is 2. The summed E-state index contributed by atoms with van der Waals surface area (Å²) in [5.41, 5.74) is 5.22. The molecule has 4 N–H and O–H groups in total. The molecule has 0 atom stereocenters. The lowest BCUT2D eigenvalue weighted by atomic mass is 10.1. The predicted molar refractivity (Wildman–Crippen MR) is 84.7 cm³/mol. The molecule has 0 aliphatic heterocycles. The zero-order chi connectivity index (χ0) is 16.6. The Morgan fingerprint density at radius 2 is 2.00 bits per heavy atom. The summed E-state index contributed by atoms with van der Waals surface area (Å²) in [6.07, 6.45) is 2.63. The van der Waals surface area contributed by atoms with Crippen molar-refractivity contribution in [3.05, 3.63) is 23.9 Å². The fourth-order valence-corrected chi connectivity index (χ4v) is 1.59. The molecule has 1 aromatic heterocycles. The van der Waals surface area contributed by atoms with E-state index in [1.807, 2.05) is 20.8 Å². The number of unbranched alkanes of at least 4 members (excludes halogenated alkanes) is 1. The van der Waals surface area contributed by atoms with Gasteiger partial charge in [-0.1, -0.05) is 0 Å². The topological polar surface area (TPSA) is 106 Å². The summed E-state index contributed by atoms with van der Waals surface area (Å²) in [7, 11) is 0. The summed E-state index contributed by atoms with van der Waals surface area (Å²) in [6.45, 7) is 6.77. The van der Waals surface area contributed by atoms with Crippen LogP contribution < -0.4 is 16.4 Å². The van der Waals surface area contributed by atoms with Crippen LogP contribution in [-0.4, -0.2) is 35.7 Å². The largest absolute Gasteiger partial charge is 0.450 e. The molecule has 0 aliphatic carbocycles. The molecule has 0 fully saturated rings. The van der Waals surface area contributed by atoms with Crippen LogP contribution in [0.3, 0.4) is 0 Å². The van der Waals surface area contributed by atoms with Crippen LogP contribution in [0.4, 0.5) is 10.6 Å². The molecule has 0 aliphatic rings. The van der Waals surface area contributed by atoms with E-state index in [0.29, 0.717) is 24.5 Å². The van der Waals surface area contributed by atoms with E-state index in [2.05, 4.69) is 15.6 Å². The van der Waals surface area contributed by atoms with Gasteiger partial charge in [0.25, 0.3) is 0 Å². The van der Waals surface area contributed by atoms with Crippen molar-refractivity contribution in [3.8, 4) is 0 Å². The molecular formula is C15H24N4O3. The second-order valence-electron chi connectivity index (χ2n) is 5.94. The third kappa shape index (κ3) is 7.47. The van der Waals surface area contributed by atoms with Gasteiger partial charge in [-0.25, -0.2) is 9.78 Å². The average Bonchev–Trinajstić information content (AvgIpc) is 2.41. The zero-order valence-electron chi connectivity index (χ0n) is 13.3. The number of nitrogens with one attached hydrogen (secondary N) is 2. The van der Waals surface area contributed by atoms with Crippen molar-refractivity contribution < 1.29 is 14.3 Å². The van der Waals surface area contributed by atoms with Crippen LogP contribution in [0.5, 0.6) is 0 Å². The summed E-state index contributed by atoms with van der Waals surface area (Å²) in [6, 6.07) is 3.32. The quantitative estimate of drug-likeness (QED) is 0.667. The number of ether oxygens (including phenoxy) is 1. The van der Waals surface area contributed by atoms with Gasteiger partial charge in [-0.2, -0.15) is 0 Å². The van der Waals surface area contributed by atoms with E-state index in [1.165, 1.54) is 6.20 Å². The van der Waals surface area contributed by atoms with Gasteiger partial charge < -0.3 is 21.1 Å². The summed E-state index contributed by atoms with van der Waals surface area (Å²) in [5.74, 6) is 0.182. The summed E-state index contributed by atoms with van der Waals surface area (Å²) in [4.78, 5) is 26.4. The number of alkyl carbamates (subject to hydrolysis) is 1. The molecule has 122 valence electrons. The molecule has 22 heavy (non-hydrogen) atoms. The van der Waals surface area contributed by atoms with E-state index < -0.39 is 12.0 Å². The van der Waals surface area contributed by atoms with Crippen LogP contribution in [0.15, 0.2) is 18.3 Å². The molecule has 1 rings (SSSR count). The normalized spacial score (nSPS) is 10.9. The van der Waals surface area contributed by atoms with Gasteiger partial charge in [-0.15, -0.1) is 0 Å². The number of carbonyl (C=O) groups is 2. The van der Waals surface area contributed by atoms with E-state index in [9.17, 15) is 9.59 Å². The molecule has 0 unspecified atom stereocenters. The van der Waals surface area contributed by atoms with E-state index in [4.69, 9.17) is 10.5 Å². The Hall–Kier alpha value is -2.31. The highest BCUT2D eigenvalue weighted by Crippen LogP contribution is 2.05. The second-order valence-corrected chi connectivity index (χ2v) is 5.94. The van der Waals surface area contributed by atoms with Crippen LogP contribution in [0, 0.1) is 0 Å². The summed E-state index contributed by atoms with van der Waals surface area (Å²) in [5, 5.41) is 5.84. The average molecular weight is 308 g/mol.